The largest absolute Gasteiger partial charge is 0.486 e. The number of amides is 1. The lowest BCUT2D eigenvalue weighted by atomic mass is 10.2. The van der Waals surface area contributed by atoms with Gasteiger partial charge in [0.05, 0.1) is 11.7 Å². The first-order valence-corrected chi connectivity index (χ1v) is 6.91. The molecule has 0 aliphatic carbocycles. The van der Waals surface area contributed by atoms with Crippen LogP contribution >= 0.6 is 0 Å². The lowest BCUT2D eigenvalue weighted by Crippen LogP contribution is -2.40. The van der Waals surface area contributed by atoms with Crippen molar-refractivity contribution < 1.29 is 23.0 Å². The van der Waals surface area contributed by atoms with Gasteiger partial charge in [-0.25, -0.2) is 4.79 Å². The van der Waals surface area contributed by atoms with Crippen LogP contribution in [0, 0.1) is 0 Å². The van der Waals surface area contributed by atoms with Crippen molar-refractivity contribution in [3.05, 3.63) is 22.6 Å². The summed E-state index contributed by atoms with van der Waals surface area (Å²) in [5, 5.41) is 2.50. The van der Waals surface area contributed by atoms with Crippen molar-refractivity contribution in [2.24, 2.45) is 0 Å². The van der Waals surface area contributed by atoms with Gasteiger partial charge in [-0.3, -0.25) is 9.36 Å². The number of alkyl halides is 2. The molecular formula is C14H21F2N3O4. The molecule has 1 aromatic rings. The third-order valence-corrected chi connectivity index (χ3v) is 2.49. The molecule has 0 saturated heterocycles. The third-order valence-electron chi connectivity index (χ3n) is 2.49. The van der Waals surface area contributed by atoms with Crippen LogP contribution in [-0.2, 0) is 4.74 Å². The predicted molar refractivity (Wildman–Crippen MR) is 80.7 cm³/mol. The molecule has 3 N–H and O–H groups in total. The second-order valence-electron chi connectivity index (χ2n) is 5.99. The number of ether oxygens (including phenoxy) is 2. The standard InChI is InChI=1S/C14H21F2N3O4/c1-8(18-13(21)23-14(2,3)4)7-22-10-5-9(17)6-19(11(10)20)12(15)16/h5-6,8,12H,7,17H2,1-4H3,(H,18,21). The molecule has 1 heterocycles. The molecule has 1 unspecified atom stereocenters. The van der Waals surface area contributed by atoms with Crippen molar-refractivity contribution >= 4 is 11.8 Å². The van der Waals surface area contributed by atoms with Gasteiger partial charge in [-0.15, -0.1) is 0 Å². The molecule has 0 bridgehead atoms. The Morgan fingerprint density at radius 2 is 2.04 bits per heavy atom. The number of carbonyl (C=O) groups is 1. The summed E-state index contributed by atoms with van der Waals surface area (Å²) in [6.45, 7) is 3.63. The van der Waals surface area contributed by atoms with E-state index in [1.54, 1.807) is 27.7 Å². The minimum atomic E-state index is -3.02. The van der Waals surface area contributed by atoms with E-state index in [-0.39, 0.29) is 22.6 Å². The zero-order chi connectivity index (χ0) is 17.8. The molecule has 0 fully saturated rings. The van der Waals surface area contributed by atoms with Crippen LogP contribution in [0.5, 0.6) is 5.75 Å². The monoisotopic (exact) mass is 333 g/mol. The Kier molecular flexibility index (Phi) is 5.94. The highest BCUT2D eigenvalue weighted by atomic mass is 19.3. The SMILES string of the molecule is CC(COc1cc(N)cn(C(F)F)c1=O)NC(=O)OC(C)(C)C. The first kappa shape index (κ1) is 18.7. The lowest BCUT2D eigenvalue weighted by Gasteiger charge is -2.22. The van der Waals surface area contributed by atoms with Crippen LogP contribution in [0.25, 0.3) is 0 Å². The predicted octanol–water partition coefficient (Wildman–Crippen LogP) is 2.12. The van der Waals surface area contributed by atoms with Crippen molar-refractivity contribution in [1.82, 2.24) is 9.88 Å². The van der Waals surface area contributed by atoms with Gasteiger partial charge in [-0.2, -0.15) is 8.78 Å². The number of hydrogen-bond acceptors (Lipinski definition) is 5. The maximum atomic E-state index is 12.7. The van der Waals surface area contributed by atoms with E-state index in [9.17, 15) is 18.4 Å². The zero-order valence-electron chi connectivity index (χ0n) is 13.4. The highest BCUT2D eigenvalue weighted by Crippen LogP contribution is 2.15. The quantitative estimate of drug-likeness (QED) is 0.860. The minimum absolute atomic E-state index is 0.0346. The number of halogens is 2. The fourth-order valence-electron chi connectivity index (χ4n) is 1.61. The average molecular weight is 333 g/mol. The van der Waals surface area contributed by atoms with E-state index in [0.717, 1.165) is 12.3 Å². The van der Waals surface area contributed by atoms with E-state index in [2.05, 4.69) is 5.32 Å². The van der Waals surface area contributed by atoms with Gasteiger partial charge < -0.3 is 20.5 Å². The summed E-state index contributed by atoms with van der Waals surface area (Å²) in [6.07, 6.45) is 0.188. The molecule has 0 aliphatic rings. The molecule has 1 aromatic heterocycles. The lowest BCUT2D eigenvalue weighted by molar-refractivity contribution is 0.0493. The molecule has 7 nitrogen and oxygen atoms in total. The number of pyridine rings is 1. The number of alkyl carbamates (subject to hydrolysis) is 1. The highest BCUT2D eigenvalue weighted by Gasteiger charge is 2.19. The number of nitrogens with two attached hydrogens (primary N) is 1. The Bertz CT molecular complexity index is 611. The van der Waals surface area contributed by atoms with E-state index in [1.165, 1.54) is 0 Å². The Balaban J connectivity index is 2.68. The molecule has 1 amide bonds. The van der Waals surface area contributed by atoms with Gasteiger partial charge in [0, 0.05) is 12.3 Å². The smallest absolute Gasteiger partial charge is 0.407 e. The van der Waals surface area contributed by atoms with Crippen molar-refractivity contribution in [1.29, 1.82) is 0 Å². The maximum Gasteiger partial charge on any atom is 0.407 e. The van der Waals surface area contributed by atoms with E-state index >= 15 is 0 Å². The number of carbonyl (C=O) groups excluding carboxylic acids is 1. The van der Waals surface area contributed by atoms with E-state index in [1.807, 2.05) is 0 Å². The third kappa shape index (κ3) is 6.13. The number of nitrogens with one attached hydrogen (secondary N) is 1. The summed E-state index contributed by atoms with van der Waals surface area (Å²) >= 11 is 0. The molecule has 0 spiro atoms. The summed E-state index contributed by atoms with van der Waals surface area (Å²) in [5.41, 5.74) is 3.77. The number of nitrogen functional groups attached to an aromatic ring is 1. The van der Waals surface area contributed by atoms with E-state index in [0.29, 0.717) is 0 Å². The van der Waals surface area contributed by atoms with Crippen molar-refractivity contribution in [2.45, 2.75) is 45.9 Å². The highest BCUT2D eigenvalue weighted by molar-refractivity contribution is 5.68. The Morgan fingerprint density at radius 1 is 1.43 bits per heavy atom. The van der Waals surface area contributed by atoms with Crippen LogP contribution in [0.3, 0.4) is 0 Å². The first-order valence-electron chi connectivity index (χ1n) is 6.91. The molecule has 9 heteroatoms. The molecule has 23 heavy (non-hydrogen) atoms. The molecule has 1 atom stereocenters. The van der Waals surface area contributed by atoms with Gasteiger partial charge in [-0.1, -0.05) is 0 Å². The molecule has 0 saturated carbocycles. The number of anilines is 1. The fourth-order valence-corrected chi connectivity index (χ4v) is 1.61. The van der Waals surface area contributed by atoms with Gasteiger partial charge in [0.2, 0.25) is 0 Å². The number of hydrogen-bond donors (Lipinski definition) is 2. The van der Waals surface area contributed by atoms with Crippen LogP contribution in [0.15, 0.2) is 17.1 Å². The maximum absolute atomic E-state index is 12.7. The average Bonchev–Trinajstić information content (AvgIpc) is 2.36. The normalized spacial score (nSPS) is 12.8. The summed E-state index contributed by atoms with van der Waals surface area (Å²) in [5.74, 6) is -0.317. The number of aromatic nitrogens is 1. The molecule has 0 radical (unpaired) electrons. The van der Waals surface area contributed by atoms with E-state index in [4.69, 9.17) is 15.2 Å². The van der Waals surface area contributed by atoms with Gasteiger partial charge in [0.15, 0.2) is 5.75 Å². The Morgan fingerprint density at radius 3 is 2.57 bits per heavy atom. The van der Waals surface area contributed by atoms with Crippen LogP contribution in [0.1, 0.15) is 34.2 Å². The molecular weight excluding hydrogens is 312 g/mol. The van der Waals surface area contributed by atoms with Crippen molar-refractivity contribution in [3.63, 3.8) is 0 Å². The Labute approximate surface area is 132 Å². The molecule has 130 valence electrons. The summed E-state index contributed by atoms with van der Waals surface area (Å²) < 4.78 is 35.8. The summed E-state index contributed by atoms with van der Waals surface area (Å²) in [6, 6.07) is 0.646. The Hall–Kier alpha value is -2.32. The van der Waals surface area contributed by atoms with Crippen LogP contribution in [0.2, 0.25) is 0 Å². The first-order chi connectivity index (χ1) is 10.5. The number of rotatable bonds is 5. The topological polar surface area (TPSA) is 95.6 Å². The molecule has 1 rings (SSSR count). The van der Waals surface area contributed by atoms with Crippen LogP contribution in [-0.4, -0.2) is 28.9 Å². The summed E-state index contributed by atoms with van der Waals surface area (Å²) in [7, 11) is 0. The second-order valence-corrected chi connectivity index (χ2v) is 5.99. The number of nitrogens with zero attached hydrogens (tertiary/aromatic N) is 1. The van der Waals surface area contributed by atoms with Gasteiger partial charge in [0.1, 0.15) is 12.2 Å². The van der Waals surface area contributed by atoms with Crippen molar-refractivity contribution in [2.75, 3.05) is 12.3 Å². The minimum Gasteiger partial charge on any atom is -0.486 e. The fraction of sp³-hybridized carbons (Fsp3) is 0.571. The zero-order valence-corrected chi connectivity index (χ0v) is 13.4. The molecule has 0 aliphatic heterocycles. The van der Waals surface area contributed by atoms with Gasteiger partial charge in [0.25, 0.3) is 5.56 Å². The molecule has 0 aromatic carbocycles. The van der Waals surface area contributed by atoms with E-state index < -0.39 is 29.8 Å². The van der Waals surface area contributed by atoms with Crippen molar-refractivity contribution in [3.8, 4) is 5.75 Å². The second kappa shape index (κ2) is 7.30. The van der Waals surface area contributed by atoms with Crippen LogP contribution < -0.4 is 21.3 Å². The van der Waals surface area contributed by atoms with Gasteiger partial charge >= 0.3 is 12.6 Å². The summed E-state index contributed by atoms with van der Waals surface area (Å²) in [4.78, 5) is 23.3. The van der Waals surface area contributed by atoms with Gasteiger partial charge in [-0.05, 0) is 27.7 Å². The van der Waals surface area contributed by atoms with Crippen LogP contribution in [0.4, 0.5) is 19.3 Å².